The molecule has 1 aromatic carbocycles. The predicted molar refractivity (Wildman–Crippen MR) is 55.9 cm³/mol. The maximum atomic E-state index is 11.5. The lowest BCUT2D eigenvalue weighted by Gasteiger charge is -2.25. The second-order valence-electron chi connectivity index (χ2n) is 3.61. The summed E-state index contributed by atoms with van der Waals surface area (Å²) in [5.41, 5.74) is 1.77. The van der Waals surface area contributed by atoms with E-state index in [1.54, 1.807) is 0 Å². The number of amides is 1. The lowest BCUT2D eigenvalue weighted by Crippen LogP contribution is -2.37. The highest BCUT2D eigenvalue weighted by molar-refractivity contribution is 5.97. The van der Waals surface area contributed by atoms with Crippen LogP contribution >= 0.6 is 0 Å². The van der Waals surface area contributed by atoms with Gasteiger partial charge in [-0.3, -0.25) is 4.79 Å². The van der Waals surface area contributed by atoms with Crippen molar-refractivity contribution in [2.24, 2.45) is 0 Å². The van der Waals surface area contributed by atoms with Crippen LogP contribution in [0.25, 0.3) is 0 Å². The zero-order valence-corrected chi connectivity index (χ0v) is 8.49. The predicted octanol–water partition coefficient (Wildman–Crippen LogP) is 1.08. The summed E-state index contributed by atoms with van der Waals surface area (Å²) in [6.45, 7) is 1.90. The van der Waals surface area contributed by atoms with E-state index in [-0.39, 0.29) is 12.5 Å². The Morgan fingerprint density at radius 1 is 1.53 bits per heavy atom. The van der Waals surface area contributed by atoms with Gasteiger partial charge >= 0.3 is 0 Å². The minimum atomic E-state index is -0.579. The zero-order chi connectivity index (χ0) is 10.8. The van der Waals surface area contributed by atoms with Gasteiger partial charge in [-0.25, -0.2) is 0 Å². The number of anilines is 1. The largest absolute Gasteiger partial charge is 0.478 e. The Morgan fingerprint density at radius 3 is 3.07 bits per heavy atom. The number of hydrogen-bond donors (Lipinski definition) is 2. The molecule has 1 aliphatic rings. The van der Waals surface area contributed by atoms with E-state index in [0.717, 1.165) is 5.56 Å². The molecule has 0 radical (unpaired) electrons. The average Bonchev–Trinajstić information content (AvgIpc) is 2.20. The number of aliphatic hydroxyl groups is 1. The van der Waals surface area contributed by atoms with Crippen LogP contribution < -0.4 is 10.1 Å². The number of rotatable bonds is 2. The molecule has 2 rings (SSSR count). The van der Waals surface area contributed by atoms with Gasteiger partial charge in [-0.05, 0) is 24.6 Å². The Morgan fingerprint density at radius 2 is 2.33 bits per heavy atom. The summed E-state index contributed by atoms with van der Waals surface area (Å²) in [4.78, 5) is 11.5. The topological polar surface area (TPSA) is 58.6 Å². The first-order valence-electron chi connectivity index (χ1n) is 4.90. The molecule has 1 amide bonds. The molecule has 2 N–H and O–H groups in total. The van der Waals surface area contributed by atoms with Crippen molar-refractivity contribution in [1.29, 1.82) is 0 Å². The summed E-state index contributed by atoms with van der Waals surface area (Å²) in [7, 11) is 0. The van der Waals surface area contributed by atoms with Gasteiger partial charge < -0.3 is 15.2 Å². The number of fused-ring (bicyclic) bond motifs is 1. The maximum Gasteiger partial charge on any atom is 0.265 e. The van der Waals surface area contributed by atoms with Crippen molar-refractivity contribution < 1.29 is 14.6 Å². The van der Waals surface area contributed by atoms with Crippen LogP contribution in [0.3, 0.4) is 0 Å². The highest BCUT2D eigenvalue weighted by Gasteiger charge is 2.26. The van der Waals surface area contributed by atoms with Gasteiger partial charge in [-0.2, -0.15) is 0 Å². The van der Waals surface area contributed by atoms with Gasteiger partial charge in [0.25, 0.3) is 5.91 Å². The van der Waals surface area contributed by atoms with E-state index >= 15 is 0 Å². The number of aryl methyl sites for hydroxylation is 1. The Bertz CT molecular complexity index is 389. The summed E-state index contributed by atoms with van der Waals surface area (Å²) in [6, 6.07) is 5.60. The van der Waals surface area contributed by atoms with Crippen LogP contribution in [0, 0.1) is 6.92 Å². The number of carbonyl (C=O) groups is 1. The van der Waals surface area contributed by atoms with Crippen LogP contribution in [0.1, 0.15) is 12.0 Å². The Kier molecular flexibility index (Phi) is 2.60. The monoisotopic (exact) mass is 207 g/mol. The van der Waals surface area contributed by atoms with Crippen LogP contribution in [-0.2, 0) is 4.79 Å². The Labute approximate surface area is 87.9 Å². The molecule has 1 aromatic rings. The molecule has 1 unspecified atom stereocenters. The average molecular weight is 207 g/mol. The quantitative estimate of drug-likeness (QED) is 0.762. The smallest absolute Gasteiger partial charge is 0.265 e. The lowest BCUT2D eigenvalue weighted by molar-refractivity contribution is -0.124. The van der Waals surface area contributed by atoms with Crippen LogP contribution in [0.4, 0.5) is 5.69 Å². The molecule has 80 valence electrons. The first kappa shape index (κ1) is 9.98. The van der Waals surface area contributed by atoms with E-state index in [4.69, 9.17) is 9.84 Å². The molecule has 0 saturated heterocycles. The minimum absolute atomic E-state index is 0.0563. The summed E-state index contributed by atoms with van der Waals surface area (Å²) < 4.78 is 5.49. The number of ether oxygens (including phenoxy) is 1. The van der Waals surface area contributed by atoms with E-state index in [9.17, 15) is 4.79 Å². The van der Waals surface area contributed by atoms with Crippen LogP contribution in [0.5, 0.6) is 5.75 Å². The fourth-order valence-electron chi connectivity index (χ4n) is 1.56. The molecule has 1 atom stereocenters. The van der Waals surface area contributed by atoms with Gasteiger partial charge in [0.05, 0.1) is 5.69 Å². The van der Waals surface area contributed by atoms with Gasteiger partial charge in [0.2, 0.25) is 0 Å². The maximum absolute atomic E-state index is 11.5. The van der Waals surface area contributed by atoms with Crippen molar-refractivity contribution in [2.45, 2.75) is 19.4 Å². The van der Waals surface area contributed by atoms with Crippen LogP contribution in [-0.4, -0.2) is 23.7 Å². The summed E-state index contributed by atoms with van der Waals surface area (Å²) >= 11 is 0. The van der Waals surface area contributed by atoms with Crippen molar-refractivity contribution in [1.82, 2.24) is 0 Å². The van der Waals surface area contributed by atoms with Gasteiger partial charge in [0.1, 0.15) is 5.75 Å². The van der Waals surface area contributed by atoms with Crippen molar-refractivity contribution in [3.05, 3.63) is 23.8 Å². The number of hydrogen-bond acceptors (Lipinski definition) is 3. The molecule has 0 aliphatic carbocycles. The van der Waals surface area contributed by atoms with Crippen molar-refractivity contribution in [3.63, 3.8) is 0 Å². The fraction of sp³-hybridized carbons (Fsp3) is 0.364. The first-order chi connectivity index (χ1) is 7.20. The molecule has 0 aromatic heterocycles. The van der Waals surface area contributed by atoms with Gasteiger partial charge in [-0.15, -0.1) is 0 Å². The third-order valence-electron chi connectivity index (χ3n) is 2.35. The summed E-state index contributed by atoms with van der Waals surface area (Å²) in [6.07, 6.45) is -0.261. The van der Waals surface area contributed by atoms with E-state index in [0.29, 0.717) is 17.9 Å². The number of carbonyl (C=O) groups excluding carboxylic acids is 1. The zero-order valence-electron chi connectivity index (χ0n) is 8.49. The third-order valence-corrected chi connectivity index (χ3v) is 2.35. The van der Waals surface area contributed by atoms with E-state index < -0.39 is 6.10 Å². The molecule has 15 heavy (non-hydrogen) atoms. The second-order valence-corrected chi connectivity index (χ2v) is 3.61. The fourth-order valence-corrected chi connectivity index (χ4v) is 1.56. The number of nitrogens with one attached hydrogen (secondary N) is 1. The van der Waals surface area contributed by atoms with Gasteiger partial charge in [-0.1, -0.05) is 6.07 Å². The van der Waals surface area contributed by atoms with Gasteiger partial charge in [0.15, 0.2) is 6.10 Å². The number of aliphatic hydroxyl groups excluding tert-OH is 1. The second kappa shape index (κ2) is 3.90. The van der Waals surface area contributed by atoms with Gasteiger partial charge in [0, 0.05) is 13.0 Å². The molecule has 1 aliphatic heterocycles. The lowest BCUT2D eigenvalue weighted by atomic mass is 10.1. The normalized spacial score (nSPS) is 19.1. The standard InChI is InChI=1S/C11H13NO3/c1-7-2-3-8-10(6-7)15-9(4-5-13)11(14)12-8/h2-3,6,9,13H,4-5H2,1H3,(H,12,14). The highest BCUT2D eigenvalue weighted by atomic mass is 16.5. The van der Waals surface area contributed by atoms with E-state index in [1.165, 1.54) is 0 Å². The van der Waals surface area contributed by atoms with Crippen molar-refractivity contribution in [2.75, 3.05) is 11.9 Å². The van der Waals surface area contributed by atoms with Crippen LogP contribution in [0.2, 0.25) is 0 Å². The van der Waals surface area contributed by atoms with Crippen molar-refractivity contribution in [3.8, 4) is 5.75 Å². The number of benzene rings is 1. The molecule has 0 saturated carbocycles. The van der Waals surface area contributed by atoms with E-state index in [2.05, 4.69) is 5.32 Å². The third kappa shape index (κ3) is 1.94. The Hall–Kier alpha value is -1.55. The van der Waals surface area contributed by atoms with Crippen LogP contribution in [0.15, 0.2) is 18.2 Å². The molecule has 0 spiro atoms. The highest BCUT2D eigenvalue weighted by Crippen LogP contribution is 2.30. The minimum Gasteiger partial charge on any atom is -0.478 e. The van der Waals surface area contributed by atoms with E-state index in [1.807, 2.05) is 25.1 Å². The molecule has 0 bridgehead atoms. The molecule has 1 heterocycles. The SMILES string of the molecule is Cc1ccc2c(c1)OC(CCO)C(=O)N2. The summed E-state index contributed by atoms with van der Waals surface area (Å²) in [5, 5.41) is 11.5. The van der Waals surface area contributed by atoms with Crippen molar-refractivity contribution >= 4 is 11.6 Å². The summed E-state index contributed by atoms with van der Waals surface area (Å²) in [5.74, 6) is 0.480. The molecule has 4 heteroatoms. The first-order valence-corrected chi connectivity index (χ1v) is 4.90. The molecular formula is C11H13NO3. The molecular weight excluding hydrogens is 194 g/mol. The Balaban J connectivity index is 2.26. The molecule has 0 fully saturated rings. The molecule has 4 nitrogen and oxygen atoms in total.